The first-order valence-corrected chi connectivity index (χ1v) is 7.86. The second-order valence-electron chi connectivity index (χ2n) is 5.59. The van der Waals surface area contributed by atoms with Crippen LogP contribution in [0, 0.1) is 0 Å². The van der Waals surface area contributed by atoms with Gasteiger partial charge in [-0.2, -0.15) is 0 Å². The van der Waals surface area contributed by atoms with Crippen molar-refractivity contribution < 1.29 is 4.79 Å². The fourth-order valence-electron chi connectivity index (χ4n) is 2.72. The lowest BCUT2D eigenvalue weighted by Gasteiger charge is -2.16. The van der Waals surface area contributed by atoms with Gasteiger partial charge >= 0.3 is 0 Å². The van der Waals surface area contributed by atoms with E-state index in [1.165, 1.54) is 18.4 Å². The zero-order valence-electron chi connectivity index (χ0n) is 12.7. The van der Waals surface area contributed by atoms with E-state index in [9.17, 15) is 4.79 Å². The minimum Gasteiger partial charge on any atom is -0.357 e. The van der Waals surface area contributed by atoms with Gasteiger partial charge in [0.25, 0.3) is 5.91 Å². The molecule has 2 heterocycles. The number of hydrogen-bond donors (Lipinski definition) is 1. The molecule has 1 aliphatic rings. The van der Waals surface area contributed by atoms with Crippen molar-refractivity contribution in [3.05, 3.63) is 59.8 Å². The zero-order valence-corrected chi connectivity index (χ0v) is 12.7. The van der Waals surface area contributed by atoms with Crippen LogP contribution in [0.15, 0.2) is 48.7 Å². The van der Waals surface area contributed by atoms with E-state index in [1.54, 1.807) is 6.20 Å². The van der Waals surface area contributed by atoms with Gasteiger partial charge in [0.1, 0.15) is 5.82 Å². The maximum absolute atomic E-state index is 12.1. The Bertz CT molecular complexity index is 604. The van der Waals surface area contributed by atoms with Crippen LogP contribution < -0.4 is 10.2 Å². The standard InChI is InChI=1S/C18H21N3O/c22-18(19-11-10-15-6-2-1-3-7-15)16-8-9-17(20-14-16)21-12-4-5-13-21/h1-3,6-9,14H,4-5,10-13H2,(H,19,22). The highest BCUT2D eigenvalue weighted by atomic mass is 16.1. The molecule has 0 radical (unpaired) electrons. The zero-order chi connectivity index (χ0) is 15.2. The molecule has 0 unspecified atom stereocenters. The van der Waals surface area contributed by atoms with E-state index in [-0.39, 0.29) is 5.91 Å². The molecule has 3 rings (SSSR count). The van der Waals surface area contributed by atoms with Crippen LogP contribution in [0.3, 0.4) is 0 Å². The van der Waals surface area contributed by atoms with Crippen molar-refractivity contribution in [2.45, 2.75) is 19.3 Å². The van der Waals surface area contributed by atoms with E-state index in [0.29, 0.717) is 12.1 Å². The number of aromatic nitrogens is 1. The molecule has 0 atom stereocenters. The van der Waals surface area contributed by atoms with Gasteiger partial charge in [-0.3, -0.25) is 4.79 Å². The van der Waals surface area contributed by atoms with Gasteiger partial charge in [0.2, 0.25) is 0 Å². The van der Waals surface area contributed by atoms with Crippen molar-refractivity contribution in [2.24, 2.45) is 0 Å². The van der Waals surface area contributed by atoms with Crippen molar-refractivity contribution in [2.75, 3.05) is 24.5 Å². The van der Waals surface area contributed by atoms with Crippen LogP contribution in [0.4, 0.5) is 5.82 Å². The Kier molecular flexibility index (Phi) is 4.68. The topological polar surface area (TPSA) is 45.2 Å². The van der Waals surface area contributed by atoms with Gasteiger partial charge in [0.05, 0.1) is 5.56 Å². The van der Waals surface area contributed by atoms with E-state index in [2.05, 4.69) is 27.3 Å². The third-order valence-corrected chi connectivity index (χ3v) is 3.98. The third kappa shape index (κ3) is 3.64. The van der Waals surface area contributed by atoms with Gasteiger partial charge in [-0.05, 0) is 37.0 Å². The van der Waals surface area contributed by atoms with E-state index < -0.39 is 0 Å². The summed E-state index contributed by atoms with van der Waals surface area (Å²) in [5.41, 5.74) is 1.85. The summed E-state index contributed by atoms with van der Waals surface area (Å²) in [4.78, 5) is 18.8. The Hall–Kier alpha value is -2.36. The van der Waals surface area contributed by atoms with Crippen LogP contribution in [-0.4, -0.2) is 30.5 Å². The summed E-state index contributed by atoms with van der Waals surface area (Å²) in [7, 11) is 0. The molecule has 1 saturated heterocycles. The SMILES string of the molecule is O=C(NCCc1ccccc1)c1ccc(N2CCCC2)nc1. The number of benzene rings is 1. The lowest BCUT2D eigenvalue weighted by Crippen LogP contribution is -2.26. The molecule has 1 aromatic heterocycles. The highest BCUT2D eigenvalue weighted by Crippen LogP contribution is 2.17. The van der Waals surface area contributed by atoms with E-state index in [0.717, 1.165) is 25.3 Å². The first-order valence-electron chi connectivity index (χ1n) is 7.86. The van der Waals surface area contributed by atoms with Crippen LogP contribution in [0.1, 0.15) is 28.8 Å². The van der Waals surface area contributed by atoms with Crippen molar-refractivity contribution in [3.63, 3.8) is 0 Å². The van der Waals surface area contributed by atoms with Crippen molar-refractivity contribution in [1.82, 2.24) is 10.3 Å². The molecule has 2 aromatic rings. The van der Waals surface area contributed by atoms with Gasteiger partial charge in [-0.1, -0.05) is 30.3 Å². The molecule has 114 valence electrons. The Morgan fingerprint density at radius 3 is 2.55 bits per heavy atom. The van der Waals surface area contributed by atoms with Crippen molar-refractivity contribution in [3.8, 4) is 0 Å². The van der Waals surface area contributed by atoms with E-state index in [1.807, 2.05) is 30.3 Å². The minimum atomic E-state index is -0.0589. The summed E-state index contributed by atoms with van der Waals surface area (Å²) in [6.07, 6.45) is 4.96. The Labute approximate surface area is 131 Å². The van der Waals surface area contributed by atoms with Gasteiger partial charge in [0.15, 0.2) is 0 Å². The molecule has 4 heteroatoms. The number of anilines is 1. The number of nitrogens with zero attached hydrogens (tertiary/aromatic N) is 2. The second-order valence-corrected chi connectivity index (χ2v) is 5.59. The molecule has 1 amide bonds. The Balaban J connectivity index is 1.51. The number of carbonyl (C=O) groups excluding carboxylic acids is 1. The fourth-order valence-corrected chi connectivity index (χ4v) is 2.72. The molecule has 1 aromatic carbocycles. The normalized spacial score (nSPS) is 14.1. The number of amides is 1. The average molecular weight is 295 g/mol. The number of rotatable bonds is 5. The molecule has 1 fully saturated rings. The summed E-state index contributed by atoms with van der Waals surface area (Å²) in [6, 6.07) is 14.0. The largest absolute Gasteiger partial charge is 0.357 e. The molecular formula is C18H21N3O. The highest BCUT2D eigenvalue weighted by Gasteiger charge is 2.14. The van der Waals surface area contributed by atoms with Gasteiger partial charge < -0.3 is 10.2 Å². The van der Waals surface area contributed by atoms with Crippen LogP contribution in [-0.2, 0) is 6.42 Å². The summed E-state index contributed by atoms with van der Waals surface area (Å²) in [5, 5.41) is 2.94. The lowest BCUT2D eigenvalue weighted by atomic mass is 10.1. The average Bonchev–Trinajstić information content (AvgIpc) is 3.10. The Morgan fingerprint density at radius 1 is 1.09 bits per heavy atom. The number of carbonyl (C=O) groups is 1. The summed E-state index contributed by atoms with van der Waals surface area (Å²) < 4.78 is 0. The van der Waals surface area contributed by atoms with Gasteiger partial charge in [0, 0.05) is 25.8 Å². The molecule has 0 aliphatic carbocycles. The lowest BCUT2D eigenvalue weighted by molar-refractivity contribution is 0.0954. The predicted octanol–water partition coefficient (Wildman–Crippen LogP) is 2.65. The van der Waals surface area contributed by atoms with Gasteiger partial charge in [-0.15, -0.1) is 0 Å². The molecule has 22 heavy (non-hydrogen) atoms. The summed E-state index contributed by atoms with van der Waals surface area (Å²) in [5.74, 6) is 0.912. The van der Waals surface area contributed by atoms with Crippen LogP contribution >= 0.6 is 0 Å². The quantitative estimate of drug-likeness (QED) is 0.922. The number of nitrogens with one attached hydrogen (secondary N) is 1. The monoisotopic (exact) mass is 295 g/mol. The molecule has 0 spiro atoms. The van der Waals surface area contributed by atoms with Gasteiger partial charge in [-0.25, -0.2) is 4.98 Å². The maximum atomic E-state index is 12.1. The van der Waals surface area contributed by atoms with Crippen LogP contribution in [0.25, 0.3) is 0 Å². The summed E-state index contributed by atoms with van der Waals surface area (Å²) in [6.45, 7) is 2.77. The molecule has 4 nitrogen and oxygen atoms in total. The first-order chi connectivity index (χ1) is 10.8. The second kappa shape index (κ2) is 7.07. The predicted molar refractivity (Wildman–Crippen MR) is 88.2 cm³/mol. The molecule has 1 aliphatic heterocycles. The molecule has 0 saturated carbocycles. The summed E-state index contributed by atoms with van der Waals surface area (Å²) >= 11 is 0. The van der Waals surface area contributed by atoms with Crippen molar-refractivity contribution in [1.29, 1.82) is 0 Å². The number of hydrogen-bond acceptors (Lipinski definition) is 3. The minimum absolute atomic E-state index is 0.0589. The smallest absolute Gasteiger partial charge is 0.252 e. The highest BCUT2D eigenvalue weighted by molar-refractivity contribution is 5.94. The first kappa shape index (κ1) is 14.6. The fraction of sp³-hybridized carbons (Fsp3) is 0.333. The van der Waals surface area contributed by atoms with Crippen molar-refractivity contribution >= 4 is 11.7 Å². The third-order valence-electron chi connectivity index (χ3n) is 3.98. The molecule has 1 N–H and O–H groups in total. The van der Waals surface area contributed by atoms with E-state index >= 15 is 0 Å². The van der Waals surface area contributed by atoms with Crippen LogP contribution in [0.5, 0.6) is 0 Å². The maximum Gasteiger partial charge on any atom is 0.252 e. The van der Waals surface area contributed by atoms with E-state index in [4.69, 9.17) is 0 Å². The Morgan fingerprint density at radius 2 is 1.86 bits per heavy atom. The van der Waals surface area contributed by atoms with Crippen LogP contribution in [0.2, 0.25) is 0 Å². The molecular weight excluding hydrogens is 274 g/mol. The molecule has 0 bridgehead atoms. The number of pyridine rings is 1.